The van der Waals surface area contributed by atoms with Crippen molar-refractivity contribution in [3.63, 3.8) is 0 Å². The molecule has 1 heterocycles. The van der Waals surface area contributed by atoms with Gasteiger partial charge in [-0.1, -0.05) is 46.6 Å². The highest BCUT2D eigenvalue weighted by Crippen LogP contribution is 2.21. The molecule has 0 spiro atoms. The van der Waals surface area contributed by atoms with Crippen LogP contribution in [0.5, 0.6) is 0 Å². The van der Waals surface area contributed by atoms with E-state index in [1.165, 1.54) is 0 Å². The number of amides is 1. The van der Waals surface area contributed by atoms with Crippen LogP contribution in [0.15, 0.2) is 47.0 Å². The van der Waals surface area contributed by atoms with Crippen molar-refractivity contribution in [2.45, 2.75) is 13.0 Å². The molecule has 6 nitrogen and oxygen atoms in total. The number of carbonyl (C=O) groups excluding carboxylic acids is 2. The van der Waals surface area contributed by atoms with Crippen LogP contribution in [-0.2, 0) is 27.3 Å². The minimum Gasteiger partial charge on any atom is -0.455 e. The van der Waals surface area contributed by atoms with Crippen molar-refractivity contribution >= 4 is 46.0 Å². The van der Waals surface area contributed by atoms with Gasteiger partial charge in [-0.05, 0) is 29.8 Å². The lowest BCUT2D eigenvalue weighted by Gasteiger charge is -2.08. The number of benzene rings is 2. The van der Waals surface area contributed by atoms with Crippen LogP contribution < -0.4 is 5.32 Å². The Kier molecular flexibility index (Phi) is 5.75. The Balaban J connectivity index is 1.47. The van der Waals surface area contributed by atoms with Gasteiger partial charge < -0.3 is 14.6 Å². The SMILES string of the molecule is O=C(COC(=O)Cc1noc2ccccc12)NCc1ccc(Cl)cc1Cl. The summed E-state index contributed by atoms with van der Waals surface area (Å²) in [6, 6.07) is 12.2. The second-order valence-electron chi connectivity index (χ2n) is 5.48. The van der Waals surface area contributed by atoms with E-state index in [0.717, 1.165) is 5.39 Å². The second kappa shape index (κ2) is 8.21. The Morgan fingerprint density at radius 1 is 1.15 bits per heavy atom. The lowest BCUT2D eigenvalue weighted by atomic mass is 10.2. The summed E-state index contributed by atoms with van der Waals surface area (Å²) >= 11 is 11.8. The minimum atomic E-state index is -0.566. The number of hydrogen-bond acceptors (Lipinski definition) is 5. The molecule has 0 fully saturated rings. The number of hydrogen-bond donors (Lipinski definition) is 1. The largest absolute Gasteiger partial charge is 0.455 e. The summed E-state index contributed by atoms with van der Waals surface area (Å²) in [6.45, 7) is -0.180. The first-order valence-corrected chi connectivity index (χ1v) is 8.48. The van der Waals surface area contributed by atoms with Gasteiger partial charge in [-0.15, -0.1) is 0 Å². The van der Waals surface area contributed by atoms with Crippen molar-refractivity contribution in [2.75, 3.05) is 6.61 Å². The zero-order chi connectivity index (χ0) is 18.5. The maximum atomic E-state index is 11.9. The average molecular weight is 393 g/mol. The summed E-state index contributed by atoms with van der Waals surface area (Å²) in [5.41, 5.74) is 1.77. The molecule has 0 aliphatic carbocycles. The van der Waals surface area contributed by atoms with E-state index >= 15 is 0 Å². The first kappa shape index (κ1) is 18.2. The summed E-state index contributed by atoms with van der Waals surface area (Å²) in [5.74, 6) is -1.00. The Labute approximate surface area is 159 Å². The number of nitrogens with one attached hydrogen (secondary N) is 1. The van der Waals surface area contributed by atoms with E-state index in [1.807, 2.05) is 12.1 Å². The fourth-order valence-corrected chi connectivity index (χ4v) is 2.78. The van der Waals surface area contributed by atoms with Gasteiger partial charge in [0.1, 0.15) is 5.69 Å². The first-order chi connectivity index (χ1) is 12.5. The summed E-state index contributed by atoms with van der Waals surface area (Å²) in [7, 11) is 0. The number of nitrogens with zero attached hydrogens (tertiary/aromatic N) is 1. The van der Waals surface area contributed by atoms with Crippen LogP contribution >= 0.6 is 23.2 Å². The molecule has 2 aromatic carbocycles. The number of para-hydroxylation sites is 1. The number of esters is 1. The van der Waals surface area contributed by atoms with Crippen LogP contribution in [0.25, 0.3) is 11.0 Å². The third-order valence-electron chi connectivity index (χ3n) is 3.62. The van der Waals surface area contributed by atoms with Gasteiger partial charge in [-0.2, -0.15) is 0 Å². The molecule has 0 saturated carbocycles. The van der Waals surface area contributed by atoms with Crippen LogP contribution in [0, 0.1) is 0 Å². The summed E-state index contributed by atoms with van der Waals surface area (Å²) < 4.78 is 10.1. The van der Waals surface area contributed by atoms with Gasteiger partial charge in [0.25, 0.3) is 5.91 Å². The third-order valence-corrected chi connectivity index (χ3v) is 4.21. The highest BCUT2D eigenvalue weighted by molar-refractivity contribution is 6.35. The molecule has 0 saturated heterocycles. The van der Waals surface area contributed by atoms with Crippen molar-refractivity contribution in [3.05, 3.63) is 63.8 Å². The van der Waals surface area contributed by atoms with E-state index in [2.05, 4.69) is 10.5 Å². The van der Waals surface area contributed by atoms with Crippen molar-refractivity contribution in [1.29, 1.82) is 0 Å². The van der Waals surface area contributed by atoms with E-state index < -0.39 is 11.9 Å². The smallest absolute Gasteiger partial charge is 0.312 e. The fourth-order valence-electron chi connectivity index (χ4n) is 2.31. The first-order valence-electron chi connectivity index (χ1n) is 7.72. The molecule has 3 rings (SSSR count). The molecule has 0 bridgehead atoms. The van der Waals surface area contributed by atoms with Gasteiger partial charge >= 0.3 is 5.97 Å². The number of aromatic nitrogens is 1. The van der Waals surface area contributed by atoms with Gasteiger partial charge in [0.15, 0.2) is 12.2 Å². The third kappa shape index (κ3) is 4.53. The highest BCUT2D eigenvalue weighted by Gasteiger charge is 2.14. The topological polar surface area (TPSA) is 81.4 Å². The fraction of sp³-hybridized carbons (Fsp3) is 0.167. The van der Waals surface area contributed by atoms with E-state index in [0.29, 0.717) is 26.9 Å². The normalized spacial score (nSPS) is 10.7. The molecule has 8 heteroatoms. The Hall–Kier alpha value is -2.57. The van der Waals surface area contributed by atoms with Gasteiger partial charge in [-0.3, -0.25) is 9.59 Å². The number of fused-ring (bicyclic) bond motifs is 1. The molecule has 0 atom stereocenters. The predicted molar refractivity (Wildman–Crippen MR) is 97.0 cm³/mol. The Morgan fingerprint density at radius 2 is 1.96 bits per heavy atom. The van der Waals surface area contributed by atoms with Crippen LogP contribution in [0.4, 0.5) is 0 Å². The van der Waals surface area contributed by atoms with Crippen LogP contribution in [0.3, 0.4) is 0 Å². The second-order valence-corrected chi connectivity index (χ2v) is 6.32. The Morgan fingerprint density at radius 3 is 2.77 bits per heavy atom. The zero-order valence-electron chi connectivity index (χ0n) is 13.5. The van der Waals surface area contributed by atoms with Gasteiger partial charge in [0, 0.05) is 22.0 Å². The summed E-state index contributed by atoms with van der Waals surface area (Å²) in [4.78, 5) is 23.7. The number of rotatable bonds is 6. The van der Waals surface area contributed by atoms with Crippen LogP contribution in [0.1, 0.15) is 11.3 Å². The van der Waals surface area contributed by atoms with Crippen molar-refractivity contribution in [1.82, 2.24) is 10.5 Å². The van der Waals surface area contributed by atoms with Crippen LogP contribution in [0.2, 0.25) is 10.0 Å². The van der Waals surface area contributed by atoms with E-state index in [9.17, 15) is 9.59 Å². The maximum Gasteiger partial charge on any atom is 0.312 e. The highest BCUT2D eigenvalue weighted by atomic mass is 35.5. The minimum absolute atomic E-state index is 0.0761. The quantitative estimate of drug-likeness (QED) is 0.648. The average Bonchev–Trinajstić information content (AvgIpc) is 3.02. The number of carbonyl (C=O) groups is 2. The molecule has 0 radical (unpaired) electrons. The molecule has 134 valence electrons. The predicted octanol–water partition coefficient (Wildman–Crippen LogP) is 3.54. The van der Waals surface area contributed by atoms with Crippen molar-refractivity contribution < 1.29 is 18.8 Å². The zero-order valence-corrected chi connectivity index (χ0v) is 15.0. The molecule has 26 heavy (non-hydrogen) atoms. The molecule has 3 aromatic rings. The monoisotopic (exact) mass is 392 g/mol. The molecule has 1 amide bonds. The molecule has 0 aliphatic rings. The van der Waals surface area contributed by atoms with E-state index in [-0.39, 0.29) is 19.6 Å². The number of halogens is 2. The van der Waals surface area contributed by atoms with E-state index in [4.69, 9.17) is 32.5 Å². The molecule has 0 aliphatic heterocycles. The lowest BCUT2D eigenvalue weighted by Crippen LogP contribution is -2.28. The summed E-state index contributed by atoms with van der Waals surface area (Å²) in [5, 5.41) is 8.19. The standard InChI is InChI=1S/C18H14Cl2N2O4/c19-12-6-5-11(14(20)7-12)9-21-17(23)10-25-18(24)8-15-13-3-1-2-4-16(13)26-22-15/h1-7H,8-10H2,(H,21,23). The lowest BCUT2D eigenvalue weighted by molar-refractivity contribution is -0.148. The van der Waals surface area contributed by atoms with E-state index in [1.54, 1.807) is 30.3 Å². The molecule has 0 unspecified atom stereocenters. The molecule has 1 N–H and O–H groups in total. The molecular weight excluding hydrogens is 379 g/mol. The van der Waals surface area contributed by atoms with Crippen molar-refractivity contribution in [2.24, 2.45) is 0 Å². The van der Waals surface area contributed by atoms with Crippen LogP contribution in [-0.4, -0.2) is 23.6 Å². The molecule has 1 aromatic heterocycles. The summed E-state index contributed by atoms with van der Waals surface area (Å²) in [6.07, 6.45) is -0.0761. The van der Waals surface area contributed by atoms with Gasteiger partial charge in [-0.25, -0.2) is 0 Å². The van der Waals surface area contributed by atoms with Crippen molar-refractivity contribution in [3.8, 4) is 0 Å². The molecular formula is C18H14Cl2N2O4. The maximum absolute atomic E-state index is 11.9. The number of ether oxygens (including phenoxy) is 1. The van der Waals surface area contributed by atoms with Gasteiger partial charge in [0.05, 0.1) is 6.42 Å². The Bertz CT molecular complexity index is 955. The van der Waals surface area contributed by atoms with Gasteiger partial charge in [0.2, 0.25) is 0 Å².